The second kappa shape index (κ2) is 9.82. The van der Waals surface area contributed by atoms with Crippen molar-refractivity contribution in [2.24, 2.45) is 5.92 Å². The molecule has 0 heterocycles. The first-order valence-corrected chi connectivity index (χ1v) is 11.6. The average Bonchev–Trinajstić information content (AvgIpc) is 3.38. The average molecular weight is 575 g/mol. The standard InChI is InChI=1S/C23H13Cl4F2N3O4/c24-16-3-2-12(9-15(16)21(33)31-13-6-11(28)7-14(8-13)32(35)36)30-22(34)20-19(23(20,26)27)10-1-4-18(29)17(25)5-10/h1-9,19-20H,(H,30,34)(H,31,33)/t19-,20+/m0/s1. The van der Waals surface area contributed by atoms with Crippen LogP contribution in [0.15, 0.2) is 54.6 Å². The number of hydrogen-bond acceptors (Lipinski definition) is 4. The van der Waals surface area contributed by atoms with Crippen LogP contribution < -0.4 is 10.6 Å². The zero-order valence-electron chi connectivity index (χ0n) is 17.7. The van der Waals surface area contributed by atoms with E-state index in [0.29, 0.717) is 11.6 Å². The fourth-order valence-corrected chi connectivity index (χ4v) is 4.94. The highest BCUT2D eigenvalue weighted by atomic mass is 35.5. The number of hydrogen-bond donors (Lipinski definition) is 2. The third-order valence-corrected chi connectivity index (χ3v) is 7.03. The van der Waals surface area contributed by atoms with Crippen molar-refractivity contribution in [3.8, 4) is 0 Å². The smallest absolute Gasteiger partial charge is 0.274 e. The molecule has 2 N–H and O–H groups in total. The number of amides is 2. The molecule has 2 atom stereocenters. The largest absolute Gasteiger partial charge is 0.326 e. The first kappa shape index (κ1) is 26.1. The Balaban J connectivity index is 1.51. The van der Waals surface area contributed by atoms with Gasteiger partial charge in [-0.25, -0.2) is 8.78 Å². The van der Waals surface area contributed by atoms with Crippen LogP contribution >= 0.6 is 46.4 Å². The highest BCUT2D eigenvalue weighted by molar-refractivity contribution is 6.53. The number of non-ortho nitro benzene ring substituents is 1. The van der Waals surface area contributed by atoms with Crippen LogP contribution in [-0.2, 0) is 4.79 Å². The van der Waals surface area contributed by atoms with E-state index in [1.54, 1.807) is 0 Å². The molecule has 36 heavy (non-hydrogen) atoms. The van der Waals surface area contributed by atoms with E-state index in [4.69, 9.17) is 46.4 Å². The van der Waals surface area contributed by atoms with Gasteiger partial charge < -0.3 is 10.6 Å². The molecule has 4 rings (SSSR count). The molecular formula is C23H13Cl4F2N3O4. The normalized spacial score (nSPS) is 17.8. The summed E-state index contributed by atoms with van der Waals surface area (Å²) in [5.41, 5.74) is -0.157. The highest BCUT2D eigenvalue weighted by Gasteiger charge is 2.67. The number of benzene rings is 3. The van der Waals surface area contributed by atoms with Crippen LogP contribution in [0.1, 0.15) is 21.8 Å². The van der Waals surface area contributed by atoms with Gasteiger partial charge in [0, 0.05) is 17.7 Å². The minimum absolute atomic E-state index is 0.00527. The van der Waals surface area contributed by atoms with Gasteiger partial charge in [-0.3, -0.25) is 19.7 Å². The summed E-state index contributed by atoms with van der Waals surface area (Å²) in [6.45, 7) is 0. The van der Waals surface area contributed by atoms with Crippen LogP contribution in [0.25, 0.3) is 0 Å². The molecule has 1 aliphatic carbocycles. The van der Waals surface area contributed by atoms with E-state index in [1.807, 2.05) is 0 Å². The van der Waals surface area contributed by atoms with E-state index >= 15 is 0 Å². The molecule has 1 aliphatic rings. The third kappa shape index (κ3) is 5.24. The molecule has 3 aromatic carbocycles. The van der Waals surface area contributed by atoms with E-state index in [-0.39, 0.29) is 27.0 Å². The van der Waals surface area contributed by atoms with Gasteiger partial charge >= 0.3 is 0 Å². The molecule has 0 radical (unpaired) electrons. The molecule has 0 unspecified atom stereocenters. The van der Waals surface area contributed by atoms with Crippen LogP contribution in [0.2, 0.25) is 10.0 Å². The lowest BCUT2D eigenvalue weighted by atomic mass is 10.1. The summed E-state index contributed by atoms with van der Waals surface area (Å²) in [6.07, 6.45) is 0. The van der Waals surface area contributed by atoms with Gasteiger partial charge in [0.25, 0.3) is 11.6 Å². The van der Waals surface area contributed by atoms with Crippen molar-refractivity contribution in [2.45, 2.75) is 10.3 Å². The highest BCUT2D eigenvalue weighted by Crippen LogP contribution is 2.65. The summed E-state index contributed by atoms with van der Waals surface area (Å²) in [7, 11) is 0. The van der Waals surface area contributed by atoms with E-state index in [0.717, 1.165) is 18.2 Å². The zero-order chi connectivity index (χ0) is 26.4. The molecule has 186 valence electrons. The molecule has 0 saturated heterocycles. The summed E-state index contributed by atoms with van der Waals surface area (Å²) in [5, 5.41) is 15.7. The van der Waals surface area contributed by atoms with Crippen LogP contribution in [0, 0.1) is 27.7 Å². The summed E-state index contributed by atoms with van der Waals surface area (Å²) in [6, 6.07) is 10.5. The summed E-state index contributed by atoms with van der Waals surface area (Å²) in [5.74, 6) is -4.47. The Labute approximate surface area is 222 Å². The number of nitrogens with zero attached hydrogens (tertiary/aromatic N) is 1. The Morgan fingerprint density at radius 1 is 0.917 bits per heavy atom. The van der Waals surface area contributed by atoms with Crippen molar-refractivity contribution in [2.75, 3.05) is 10.6 Å². The van der Waals surface area contributed by atoms with Gasteiger partial charge in [0.05, 0.1) is 38.2 Å². The molecule has 0 aromatic heterocycles. The minimum atomic E-state index is -1.47. The van der Waals surface area contributed by atoms with E-state index in [2.05, 4.69) is 10.6 Å². The number of carbonyl (C=O) groups excluding carboxylic acids is 2. The van der Waals surface area contributed by atoms with Crippen LogP contribution in [0.3, 0.4) is 0 Å². The Hall–Kier alpha value is -2.98. The number of nitrogens with one attached hydrogen (secondary N) is 2. The van der Waals surface area contributed by atoms with Gasteiger partial charge in [-0.15, -0.1) is 23.2 Å². The van der Waals surface area contributed by atoms with Crippen molar-refractivity contribution in [3.63, 3.8) is 0 Å². The molecule has 0 spiro atoms. The van der Waals surface area contributed by atoms with E-state index in [1.165, 1.54) is 30.3 Å². The van der Waals surface area contributed by atoms with Gasteiger partial charge in [-0.2, -0.15) is 0 Å². The number of alkyl halides is 2. The predicted octanol–water partition coefficient (Wildman–Crippen LogP) is 6.96. The summed E-state index contributed by atoms with van der Waals surface area (Å²) in [4.78, 5) is 35.8. The second-order valence-corrected chi connectivity index (χ2v) is 10.2. The second-order valence-electron chi connectivity index (χ2n) is 7.90. The molecule has 0 bridgehead atoms. The Morgan fingerprint density at radius 2 is 1.64 bits per heavy atom. The first-order valence-electron chi connectivity index (χ1n) is 10.1. The molecular weight excluding hydrogens is 562 g/mol. The fraction of sp³-hybridized carbons (Fsp3) is 0.130. The molecule has 1 fully saturated rings. The van der Waals surface area contributed by atoms with Gasteiger partial charge in [0.15, 0.2) is 0 Å². The summed E-state index contributed by atoms with van der Waals surface area (Å²) >= 11 is 24.6. The molecule has 3 aromatic rings. The fourth-order valence-electron chi connectivity index (χ4n) is 3.72. The maximum absolute atomic E-state index is 13.7. The number of rotatable bonds is 6. The van der Waals surface area contributed by atoms with Gasteiger partial charge in [-0.1, -0.05) is 29.3 Å². The minimum Gasteiger partial charge on any atom is -0.326 e. The van der Waals surface area contributed by atoms with Crippen molar-refractivity contribution in [1.82, 2.24) is 0 Å². The quantitative estimate of drug-likeness (QED) is 0.189. The lowest BCUT2D eigenvalue weighted by molar-refractivity contribution is -0.385. The van der Waals surface area contributed by atoms with Crippen molar-refractivity contribution < 1.29 is 23.3 Å². The van der Waals surface area contributed by atoms with E-state index in [9.17, 15) is 28.5 Å². The summed E-state index contributed by atoms with van der Waals surface area (Å²) < 4.78 is 25.7. The first-order chi connectivity index (χ1) is 16.9. The molecule has 13 heteroatoms. The maximum Gasteiger partial charge on any atom is 0.274 e. The van der Waals surface area contributed by atoms with Gasteiger partial charge in [0.1, 0.15) is 16.0 Å². The zero-order valence-corrected chi connectivity index (χ0v) is 20.7. The third-order valence-electron chi connectivity index (χ3n) is 5.47. The number of anilines is 2. The number of carbonyl (C=O) groups is 2. The SMILES string of the molecule is O=C(Nc1cc(F)cc([N+](=O)[O-])c1)c1cc(NC(=O)[C@H]2[C@H](c3ccc(F)c(Cl)c3)C2(Cl)Cl)ccc1Cl. The number of nitro groups is 1. The monoisotopic (exact) mass is 573 g/mol. The van der Waals surface area contributed by atoms with Crippen molar-refractivity contribution >= 4 is 75.3 Å². The molecule has 2 amide bonds. The van der Waals surface area contributed by atoms with Crippen molar-refractivity contribution in [1.29, 1.82) is 0 Å². The molecule has 0 aliphatic heterocycles. The topological polar surface area (TPSA) is 101 Å². The maximum atomic E-state index is 13.7. The lowest BCUT2D eigenvalue weighted by Gasteiger charge is -2.10. The Morgan fingerprint density at radius 3 is 2.31 bits per heavy atom. The Bertz CT molecular complexity index is 1420. The van der Waals surface area contributed by atoms with Crippen LogP contribution in [0.4, 0.5) is 25.8 Å². The number of nitro benzene ring substituents is 1. The lowest BCUT2D eigenvalue weighted by Crippen LogP contribution is -2.18. The number of halogens is 6. The van der Waals surface area contributed by atoms with Gasteiger partial charge in [-0.05, 0) is 42.0 Å². The van der Waals surface area contributed by atoms with E-state index < -0.39 is 50.2 Å². The van der Waals surface area contributed by atoms with Crippen molar-refractivity contribution in [3.05, 3.63) is 97.5 Å². The molecule has 7 nitrogen and oxygen atoms in total. The van der Waals surface area contributed by atoms with Gasteiger partial charge in [0.2, 0.25) is 5.91 Å². The van der Waals surface area contributed by atoms with Crippen LogP contribution in [-0.4, -0.2) is 21.1 Å². The van der Waals surface area contributed by atoms with Crippen LogP contribution in [0.5, 0.6) is 0 Å². The molecule has 1 saturated carbocycles. The predicted molar refractivity (Wildman–Crippen MR) is 133 cm³/mol. The Kier molecular flexibility index (Phi) is 7.12.